The lowest BCUT2D eigenvalue weighted by atomic mass is 9.80. The van der Waals surface area contributed by atoms with Gasteiger partial charge in [-0.1, -0.05) is 33.8 Å². The minimum Gasteiger partial charge on any atom is -0.465 e. The number of aryl methyl sites for hydroxylation is 1. The Bertz CT molecular complexity index is 1080. The molecule has 1 aliphatic rings. The second-order valence-electron chi connectivity index (χ2n) is 12.6. The van der Waals surface area contributed by atoms with E-state index >= 15 is 0 Å². The molecule has 0 unspecified atom stereocenters. The second kappa shape index (κ2) is 12.5. The molecule has 2 aromatic rings. The Hall–Kier alpha value is -2.54. The topological polar surface area (TPSA) is 89.2 Å². The Labute approximate surface area is 227 Å². The van der Waals surface area contributed by atoms with E-state index in [-0.39, 0.29) is 23.7 Å². The molecule has 1 N–H and O–H groups in total. The van der Waals surface area contributed by atoms with Crippen molar-refractivity contribution in [1.82, 2.24) is 4.90 Å². The van der Waals surface area contributed by atoms with Crippen LogP contribution in [0, 0.1) is 23.7 Å². The molecular formula is C31H47NO6. The first-order valence-electron chi connectivity index (χ1n) is 14.0. The van der Waals surface area contributed by atoms with E-state index in [1.54, 1.807) is 7.11 Å². The highest BCUT2D eigenvalue weighted by molar-refractivity contribution is 5.81. The van der Waals surface area contributed by atoms with Crippen LogP contribution in [-0.4, -0.2) is 53.5 Å². The van der Waals surface area contributed by atoms with Gasteiger partial charge >= 0.3 is 12.1 Å². The van der Waals surface area contributed by atoms with Gasteiger partial charge < -0.3 is 19.0 Å². The number of cyclic esters (lactones) is 1. The number of carbonyl (C=O) groups excluding carboxylic acids is 1. The molecule has 1 saturated heterocycles. The smallest absolute Gasteiger partial charge is 0.408 e. The molecule has 1 amide bonds. The van der Waals surface area contributed by atoms with Crippen molar-refractivity contribution in [3.05, 3.63) is 35.6 Å². The van der Waals surface area contributed by atoms with E-state index in [9.17, 15) is 14.7 Å². The highest BCUT2D eigenvalue weighted by Crippen LogP contribution is 2.37. The Kier molecular flexibility index (Phi) is 9.91. The average Bonchev–Trinajstić information content (AvgIpc) is 3.40. The van der Waals surface area contributed by atoms with E-state index in [2.05, 4.69) is 26.0 Å². The first kappa shape index (κ1) is 30.0. The molecule has 1 aromatic heterocycles. The number of carbonyl (C=O) groups is 2. The lowest BCUT2D eigenvalue weighted by Gasteiger charge is -2.43. The number of ether oxygens (including phenoxy) is 2. The van der Waals surface area contributed by atoms with Crippen molar-refractivity contribution in [2.24, 2.45) is 23.7 Å². The summed E-state index contributed by atoms with van der Waals surface area (Å²) in [6.45, 7) is 14.9. The van der Waals surface area contributed by atoms with Crippen LogP contribution in [0.2, 0.25) is 0 Å². The predicted molar refractivity (Wildman–Crippen MR) is 149 cm³/mol. The molecule has 4 atom stereocenters. The molecule has 1 aromatic carbocycles. The van der Waals surface area contributed by atoms with Crippen LogP contribution in [0.25, 0.3) is 11.0 Å². The number of methoxy groups -OCH3 is 1. The molecule has 0 bridgehead atoms. The Morgan fingerprint density at radius 3 is 2.47 bits per heavy atom. The van der Waals surface area contributed by atoms with Gasteiger partial charge in [-0.15, -0.1) is 0 Å². The summed E-state index contributed by atoms with van der Waals surface area (Å²) in [5.74, 6) is 0.258. The van der Waals surface area contributed by atoms with Gasteiger partial charge in [-0.3, -0.25) is 9.69 Å². The van der Waals surface area contributed by atoms with E-state index in [0.717, 1.165) is 30.2 Å². The molecule has 7 heteroatoms. The first-order valence-corrected chi connectivity index (χ1v) is 14.0. The minimum absolute atomic E-state index is 0.154. The standard InChI is InChI=1S/C31H47NO6/c1-19(2)23(14-21-11-12-27-25(15-21)22(18-37-27)10-9-13-36-8)16-26(32(30(34)35)31(5,6)7)28-17-24(20(3)4)29(33)38-28/h11-12,15,18-20,23-24,26,28H,9-10,13-14,16-17H2,1-8H3,(H,34,35)/t23-,24+,26+,28+/m1/s1. The average molecular weight is 530 g/mol. The van der Waals surface area contributed by atoms with Gasteiger partial charge in [0.25, 0.3) is 0 Å². The van der Waals surface area contributed by atoms with Crippen LogP contribution in [0.5, 0.6) is 0 Å². The SMILES string of the molecule is COCCCc1coc2ccc(C[C@H](C[C@@H]([C@@H]3C[C@@H](C(C)C)C(=O)O3)N(C(=O)O)C(C)(C)C)C(C)C)cc12. The van der Waals surface area contributed by atoms with Crippen molar-refractivity contribution in [1.29, 1.82) is 0 Å². The minimum atomic E-state index is -0.977. The van der Waals surface area contributed by atoms with Crippen molar-refractivity contribution < 1.29 is 28.6 Å². The normalized spacial score (nSPS) is 19.8. The summed E-state index contributed by atoms with van der Waals surface area (Å²) in [5.41, 5.74) is 2.63. The van der Waals surface area contributed by atoms with Gasteiger partial charge in [-0.25, -0.2) is 4.79 Å². The van der Waals surface area contributed by atoms with E-state index in [0.29, 0.717) is 25.4 Å². The number of furan rings is 1. The number of fused-ring (bicyclic) bond motifs is 1. The molecule has 3 rings (SSSR count). The first-order chi connectivity index (χ1) is 17.8. The van der Waals surface area contributed by atoms with Gasteiger partial charge in [0.2, 0.25) is 0 Å². The van der Waals surface area contributed by atoms with Crippen molar-refractivity contribution in [3.63, 3.8) is 0 Å². The van der Waals surface area contributed by atoms with Crippen LogP contribution < -0.4 is 0 Å². The summed E-state index contributed by atoms with van der Waals surface area (Å²) in [6, 6.07) is 5.94. The number of hydrogen-bond donors (Lipinski definition) is 1. The van der Waals surface area contributed by atoms with Crippen molar-refractivity contribution >= 4 is 23.0 Å². The summed E-state index contributed by atoms with van der Waals surface area (Å²) >= 11 is 0. The number of hydrogen-bond acceptors (Lipinski definition) is 5. The van der Waals surface area contributed by atoms with Crippen LogP contribution in [-0.2, 0) is 27.1 Å². The third-order valence-corrected chi connectivity index (χ3v) is 8.05. The van der Waals surface area contributed by atoms with Gasteiger partial charge in [0.05, 0.1) is 18.2 Å². The monoisotopic (exact) mass is 529 g/mol. The van der Waals surface area contributed by atoms with Crippen LogP contribution in [0.15, 0.2) is 28.9 Å². The summed E-state index contributed by atoms with van der Waals surface area (Å²) in [7, 11) is 1.71. The van der Waals surface area contributed by atoms with Crippen LogP contribution >= 0.6 is 0 Å². The van der Waals surface area contributed by atoms with Gasteiger partial charge in [-0.05, 0) is 93.9 Å². The Balaban J connectivity index is 1.90. The molecule has 1 aliphatic heterocycles. The molecule has 38 heavy (non-hydrogen) atoms. The zero-order chi connectivity index (χ0) is 28.2. The fourth-order valence-corrected chi connectivity index (χ4v) is 5.82. The van der Waals surface area contributed by atoms with E-state index in [1.807, 2.05) is 46.9 Å². The number of nitrogens with zero attached hydrogens (tertiary/aromatic N) is 1. The fourth-order valence-electron chi connectivity index (χ4n) is 5.82. The third kappa shape index (κ3) is 7.10. The van der Waals surface area contributed by atoms with E-state index in [1.165, 1.54) is 16.0 Å². The van der Waals surface area contributed by atoms with E-state index in [4.69, 9.17) is 13.9 Å². The zero-order valence-corrected chi connectivity index (χ0v) is 24.5. The number of esters is 1. The van der Waals surface area contributed by atoms with Crippen LogP contribution in [0.1, 0.15) is 78.9 Å². The van der Waals surface area contributed by atoms with Gasteiger partial charge in [-0.2, -0.15) is 0 Å². The fraction of sp³-hybridized carbons (Fsp3) is 0.677. The quantitative estimate of drug-likeness (QED) is 0.236. The Morgan fingerprint density at radius 1 is 1.21 bits per heavy atom. The lowest BCUT2D eigenvalue weighted by molar-refractivity contribution is -0.148. The molecule has 0 radical (unpaired) electrons. The summed E-state index contributed by atoms with van der Waals surface area (Å²) < 4.78 is 16.9. The molecule has 1 fully saturated rings. The number of benzene rings is 1. The number of amides is 1. The summed E-state index contributed by atoms with van der Waals surface area (Å²) in [4.78, 5) is 26.8. The molecule has 0 saturated carbocycles. The maximum Gasteiger partial charge on any atom is 0.408 e. The van der Waals surface area contributed by atoms with Gasteiger partial charge in [0, 0.05) is 24.6 Å². The van der Waals surface area contributed by atoms with Crippen LogP contribution in [0.3, 0.4) is 0 Å². The maximum atomic E-state index is 12.7. The predicted octanol–water partition coefficient (Wildman–Crippen LogP) is 6.95. The zero-order valence-electron chi connectivity index (χ0n) is 24.5. The Morgan fingerprint density at radius 2 is 1.92 bits per heavy atom. The third-order valence-electron chi connectivity index (χ3n) is 8.05. The second-order valence-corrected chi connectivity index (χ2v) is 12.6. The van der Waals surface area contributed by atoms with Crippen molar-refractivity contribution in [3.8, 4) is 0 Å². The molecule has 7 nitrogen and oxygen atoms in total. The molecule has 2 heterocycles. The van der Waals surface area contributed by atoms with Crippen molar-refractivity contribution in [2.45, 2.75) is 98.3 Å². The van der Waals surface area contributed by atoms with Crippen LogP contribution in [0.4, 0.5) is 4.79 Å². The number of rotatable bonds is 12. The largest absolute Gasteiger partial charge is 0.465 e. The molecule has 0 aliphatic carbocycles. The molecular weight excluding hydrogens is 482 g/mol. The highest BCUT2D eigenvalue weighted by atomic mass is 16.6. The van der Waals surface area contributed by atoms with Crippen molar-refractivity contribution in [2.75, 3.05) is 13.7 Å². The summed E-state index contributed by atoms with van der Waals surface area (Å²) in [6.07, 6.45) is 4.22. The highest BCUT2D eigenvalue weighted by Gasteiger charge is 2.46. The van der Waals surface area contributed by atoms with E-state index < -0.39 is 23.8 Å². The molecule has 0 spiro atoms. The molecule has 212 valence electrons. The lowest BCUT2D eigenvalue weighted by Crippen LogP contribution is -2.56. The maximum absolute atomic E-state index is 12.7. The van der Waals surface area contributed by atoms with Gasteiger partial charge in [0.15, 0.2) is 0 Å². The number of carboxylic acid groups (broad SMARTS) is 1. The summed E-state index contributed by atoms with van der Waals surface area (Å²) in [5, 5.41) is 11.4. The van der Waals surface area contributed by atoms with Gasteiger partial charge in [0.1, 0.15) is 11.7 Å².